The van der Waals surface area contributed by atoms with Gasteiger partial charge in [-0.25, -0.2) is 4.79 Å². The minimum atomic E-state index is -0.441. The Hall–Kier alpha value is -0.810. The van der Waals surface area contributed by atoms with Crippen molar-refractivity contribution >= 4 is 6.09 Å². The lowest BCUT2D eigenvalue weighted by Crippen LogP contribution is -2.42. The van der Waals surface area contributed by atoms with Crippen molar-refractivity contribution in [2.75, 3.05) is 13.2 Å². The second-order valence-electron chi connectivity index (χ2n) is 8.20. The van der Waals surface area contributed by atoms with Crippen LogP contribution in [-0.4, -0.2) is 43.0 Å². The van der Waals surface area contributed by atoms with Crippen LogP contribution in [0.15, 0.2) is 0 Å². The van der Waals surface area contributed by atoms with E-state index < -0.39 is 5.60 Å². The van der Waals surface area contributed by atoms with E-state index in [4.69, 9.17) is 9.47 Å². The molecule has 0 aromatic heterocycles. The summed E-state index contributed by atoms with van der Waals surface area (Å²) in [7, 11) is 0. The summed E-state index contributed by atoms with van der Waals surface area (Å²) in [6.07, 6.45) is 5.09. The molecule has 0 aromatic rings. The lowest BCUT2D eigenvalue weighted by Gasteiger charge is -2.30. The molecule has 0 aromatic carbocycles. The van der Waals surface area contributed by atoms with Crippen molar-refractivity contribution < 1.29 is 14.3 Å². The van der Waals surface area contributed by atoms with E-state index in [2.05, 4.69) is 31.4 Å². The molecule has 5 heteroatoms. The Morgan fingerprint density at radius 3 is 2.29 bits per heavy atom. The monoisotopic (exact) mass is 342 g/mol. The number of carbonyl (C=O) groups is 1. The number of nitrogens with one attached hydrogen (secondary N) is 2. The summed E-state index contributed by atoms with van der Waals surface area (Å²) in [5.41, 5.74) is -0.441. The van der Waals surface area contributed by atoms with Crippen LogP contribution in [0, 0.1) is 5.92 Å². The first-order valence-electron chi connectivity index (χ1n) is 9.55. The van der Waals surface area contributed by atoms with Gasteiger partial charge in [-0.3, -0.25) is 0 Å². The summed E-state index contributed by atoms with van der Waals surface area (Å²) < 4.78 is 11.3. The Morgan fingerprint density at radius 1 is 1.17 bits per heavy atom. The predicted octanol–water partition coefficient (Wildman–Crippen LogP) is 3.86. The molecule has 1 amide bonds. The van der Waals surface area contributed by atoms with Gasteiger partial charge in [-0.05, 0) is 58.8 Å². The minimum absolute atomic E-state index is 0.211. The Kier molecular flexibility index (Phi) is 9.06. The fourth-order valence-electron chi connectivity index (χ4n) is 3.17. The largest absolute Gasteiger partial charge is 0.444 e. The van der Waals surface area contributed by atoms with Crippen LogP contribution in [0.25, 0.3) is 0 Å². The molecule has 142 valence electrons. The van der Waals surface area contributed by atoms with Crippen LogP contribution in [0.4, 0.5) is 4.79 Å². The molecule has 0 aliphatic heterocycles. The van der Waals surface area contributed by atoms with E-state index in [0.29, 0.717) is 18.1 Å². The highest BCUT2D eigenvalue weighted by Gasteiger charge is 2.25. The van der Waals surface area contributed by atoms with Crippen molar-refractivity contribution in [3.63, 3.8) is 0 Å². The van der Waals surface area contributed by atoms with Crippen LogP contribution >= 0.6 is 0 Å². The van der Waals surface area contributed by atoms with Crippen LogP contribution in [0.1, 0.15) is 73.6 Å². The van der Waals surface area contributed by atoms with Gasteiger partial charge in [-0.15, -0.1) is 0 Å². The SMILES string of the molecule is CCC(NCCOC1CCC(NC(=O)OC(C)(C)C)CC1)C(C)C. The van der Waals surface area contributed by atoms with Crippen LogP contribution in [0.3, 0.4) is 0 Å². The molecule has 1 saturated carbocycles. The normalized spacial score (nSPS) is 23.1. The summed E-state index contributed by atoms with van der Waals surface area (Å²) in [5.74, 6) is 0.657. The summed E-state index contributed by atoms with van der Waals surface area (Å²) in [5, 5.41) is 6.54. The van der Waals surface area contributed by atoms with E-state index in [1.165, 1.54) is 0 Å². The number of hydrogen-bond donors (Lipinski definition) is 2. The number of alkyl carbamates (subject to hydrolysis) is 1. The molecule has 0 radical (unpaired) electrons. The molecule has 2 N–H and O–H groups in total. The molecule has 1 unspecified atom stereocenters. The van der Waals surface area contributed by atoms with Crippen molar-refractivity contribution in [3.05, 3.63) is 0 Å². The van der Waals surface area contributed by atoms with Gasteiger partial charge < -0.3 is 20.1 Å². The summed E-state index contributed by atoms with van der Waals surface area (Å²) in [6, 6.07) is 0.783. The third-order valence-corrected chi connectivity index (χ3v) is 4.50. The van der Waals surface area contributed by atoms with Gasteiger partial charge in [0.05, 0.1) is 12.7 Å². The Bertz CT molecular complexity index is 358. The van der Waals surface area contributed by atoms with E-state index in [1.54, 1.807) is 0 Å². The predicted molar refractivity (Wildman–Crippen MR) is 98.3 cm³/mol. The third kappa shape index (κ3) is 8.88. The molecule has 0 heterocycles. The maximum atomic E-state index is 11.8. The molecule has 1 fully saturated rings. The van der Waals surface area contributed by atoms with Crippen molar-refractivity contribution in [2.24, 2.45) is 5.92 Å². The second-order valence-corrected chi connectivity index (χ2v) is 8.20. The van der Waals surface area contributed by atoms with Gasteiger partial charge in [0, 0.05) is 18.6 Å². The number of carbonyl (C=O) groups excluding carboxylic acids is 1. The van der Waals surface area contributed by atoms with Crippen molar-refractivity contribution in [1.82, 2.24) is 10.6 Å². The van der Waals surface area contributed by atoms with Crippen molar-refractivity contribution in [1.29, 1.82) is 0 Å². The molecule has 1 aliphatic rings. The third-order valence-electron chi connectivity index (χ3n) is 4.50. The van der Waals surface area contributed by atoms with Gasteiger partial charge in [0.1, 0.15) is 5.60 Å². The molecule has 5 nitrogen and oxygen atoms in total. The first-order chi connectivity index (χ1) is 11.2. The van der Waals surface area contributed by atoms with Crippen LogP contribution in [0.5, 0.6) is 0 Å². The number of rotatable bonds is 8. The fraction of sp³-hybridized carbons (Fsp3) is 0.947. The molecular formula is C19H38N2O3. The fourth-order valence-corrected chi connectivity index (χ4v) is 3.17. The molecule has 1 atom stereocenters. The quantitative estimate of drug-likeness (QED) is 0.658. The van der Waals surface area contributed by atoms with Gasteiger partial charge in [-0.1, -0.05) is 20.8 Å². The van der Waals surface area contributed by atoms with E-state index in [9.17, 15) is 4.79 Å². The Balaban J connectivity index is 2.14. The molecule has 0 bridgehead atoms. The molecule has 1 rings (SSSR count). The van der Waals surface area contributed by atoms with E-state index in [0.717, 1.165) is 45.3 Å². The average Bonchev–Trinajstić information content (AvgIpc) is 2.46. The second kappa shape index (κ2) is 10.2. The molecule has 24 heavy (non-hydrogen) atoms. The van der Waals surface area contributed by atoms with E-state index in [-0.39, 0.29) is 12.1 Å². The maximum Gasteiger partial charge on any atom is 0.407 e. The lowest BCUT2D eigenvalue weighted by molar-refractivity contribution is 0.0183. The molecule has 0 saturated heterocycles. The van der Waals surface area contributed by atoms with Gasteiger partial charge in [0.2, 0.25) is 0 Å². The van der Waals surface area contributed by atoms with Gasteiger partial charge in [0.15, 0.2) is 0 Å². The zero-order valence-electron chi connectivity index (χ0n) is 16.5. The molecule has 1 aliphatic carbocycles. The first-order valence-corrected chi connectivity index (χ1v) is 9.55. The minimum Gasteiger partial charge on any atom is -0.444 e. The topological polar surface area (TPSA) is 59.6 Å². The average molecular weight is 343 g/mol. The summed E-state index contributed by atoms with van der Waals surface area (Å²) in [4.78, 5) is 11.8. The van der Waals surface area contributed by atoms with E-state index >= 15 is 0 Å². The van der Waals surface area contributed by atoms with Crippen LogP contribution in [-0.2, 0) is 9.47 Å². The smallest absolute Gasteiger partial charge is 0.407 e. The van der Waals surface area contributed by atoms with Gasteiger partial charge >= 0.3 is 6.09 Å². The molecule has 0 spiro atoms. The van der Waals surface area contributed by atoms with Gasteiger partial charge in [-0.2, -0.15) is 0 Å². The van der Waals surface area contributed by atoms with Crippen LogP contribution < -0.4 is 10.6 Å². The number of amides is 1. The van der Waals surface area contributed by atoms with E-state index in [1.807, 2.05) is 20.8 Å². The Labute approximate surface area is 148 Å². The first kappa shape index (κ1) is 21.2. The summed E-state index contributed by atoms with van der Waals surface area (Å²) >= 11 is 0. The zero-order chi connectivity index (χ0) is 18.2. The standard InChI is InChI=1S/C19H38N2O3/c1-7-17(14(2)3)20-12-13-23-16-10-8-15(9-11-16)21-18(22)24-19(4,5)6/h14-17,20H,7-13H2,1-6H3,(H,21,22). The number of ether oxygens (including phenoxy) is 2. The highest BCUT2D eigenvalue weighted by atomic mass is 16.6. The lowest BCUT2D eigenvalue weighted by atomic mass is 9.93. The van der Waals surface area contributed by atoms with Crippen LogP contribution in [0.2, 0.25) is 0 Å². The molecular weight excluding hydrogens is 304 g/mol. The highest BCUT2D eigenvalue weighted by Crippen LogP contribution is 2.21. The van der Waals surface area contributed by atoms with Gasteiger partial charge in [0.25, 0.3) is 0 Å². The Morgan fingerprint density at radius 2 is 1.79 bits per heavy atom. The summed E-state index contributed by atoms with van der Waals surface area (Å²) in [6.45, 7) is 14.0. The van der Waals surface area contributed by atoms with Crippen molar-refractivity contribution in [3.8, 4) is 0 Å². The zero-order valence-corrected chi connectivity index (χ0v) is 16.5. The number of hydrogen-bond acceptors (Lipinski definition) is 4. The highest BCUT2D eigenvalue weighted by molar-refractivity contribution is 5.68. The van der Waals surface area contributed by atoms with Crippen molar-refractivity contribution in [2.45, 2.75) is 97.4 Å². The maximum absolute atomic E-state index is 11.8.